The Hall–Kier alpha value is -4.77. The van der Waals surface area contributed by atoms with Gasteiger partial charge in [0.2, 0.25) is 5.91 Å². The minimum absolute atomic E-state index is 0.00536. The van der Waals surface area contributed by atoms with Gasteiger partial charge in [0.05, 0.1) is 4.90 Å². The number of sulfonamides is 1. The van der Waals surface area contributed by atoms with Crippen LogP contribution in [0, 0.1) is 11.6 Å². The van der Waals surface area contributed by atoms with Crippen molar-refractivity contribution in [2.24, 2.45) is 0 Å². The molecule has 2 amide bonds. The fourth-order valence-corrected chi connectivity index (χ4v) is 5.22. The van der Waals surface area contributed by atoms with Crippen LogP contribution in [0.15, 0.2) is 108 Å². The number of rotatable bonds is 12. The molecule has 0 spiro atoms. The van der Waals surface area contributed by atoms with Crippen LogP contribution in [0.2, 0.25) is 0 Å². The number of hydrogen-bond donors (Lipinski definition) is 2. The molecule has 4 aromatic rings. The zero-order chi connectivity index (χ0) is 30.1. The zero-order valence-corrected chi connectivity index (χ0v) is 23.5. The summed E-state index contributed by atoms with van der Waals surface area (Å²) < 4.78 is 60.2. The minimum Gasteiger partial charge on any atom is -0.484 e. The smallest absolute Gasteiger partial charge is 0.261 e. The third-order valence-electron chi connectivity index (χ3n) is 6.21. The summed E-state index contributed by atoms with van der Waals surface area (Å²) in [5.41, 5.74) is 1.39. The highest BCUT2D eigenvalue weighted by atomic mass is 32.2. The first-order valence-electron chi connectivity index (χ1n) is 13.0. The van der Waals surface area contributed by atoms with Crippen molar-refractivity contribution >= 4 is 27.5 Å². The Kier molecular flexibility index (Phi) is 9.87. The first-order valence-corrected chi connectivity index (χ1v) is 14.5. The van der Waals surface area contributed by atoms with Crippen LogP contribution in [0.3, 0.4) is 0 Å². The highest BCUT2D eigenvalue weighted by molar-refractivity contribution is 7.92. The van der Waals surface area contributed by atoms with Gasteiger partial charge < -0.3 is 15.0 Å². The third-order valence-corrected chi connectivity index (χ3v) is 7.60. The molecule has 42 heavy (non-hydrogen) atoms. The number of amides is 2. The largest absolute Gasteiger partial charge is 0.484 e. The fourth-order valence-electron chi connectivity index (χ4n) is 4.16. The van der Waals surface area contributed by atoms with Crippen molar-refractivity contribution < 1.29 is 31.5 Å². The normalized spacial score (nSPS) is 11.8. The molecule has 11 heteroatoms. The Morgan fingerprint density at radius 1 is 0.833 bits per heavy atom. The summed E-state index contributed by atoms with van der Waals surface area (Å²) in [6.45, 7) is 1.67. The summed E-state index contributed by atoms with van der Waals surface area (Å²) >= 11 is 0. The Labute approximate surface area is 243 Å². The van der Waals surface area contributed by atoms with Crippen molar-refractivity contribution in [3.8, 4) is 5.75 Å². The maximum atomic E-state index is 13.6. The van der Waals surface area contributed by atoms with Crippen LogP contribution < -0.4 is 14.8 Å². The number of carbonyl (C=O) groups excluding carboxylic acids is 2. The predicted octanol–water partition coefficient (Wildman–Crippen LogP) is 5.05. The SMILES string of the molecule is CCNC(=O)C(c1ccccc1)N(Cc1ccc(F)cc1)C(=O)COc1ccc(S(=O)(=O)Nc2ccc(F)cc2)cc1. The standard InChI is InChI=1S/C31H29F2N3O5S/c1-2-34-31(38)30(23-6-4-3-5-7-23)36(20-22-8-10-24(32)11-9-22)29(37)21-41-27-16-18-28(19-17-27)42(39,40)35-26-14-12-25(33)13-15-26/h3-19,30,35H,2,20-21H2,1H3,(H,34,38). The number of halogens is 2. The van der Waals surface area contributed by atoms with E-state index in [1.165, 1.54) is 65.6 Å². The highest BCUT2D eigenvalue weighted by Gasteiger charge is 2.31. The molecule has 1 atom stereocenters. The van der Waals surface area contributed by atoms with Gasteiger partial charge >= 0.3 is 0 Å². The van der Waals surface area contributed by atoms with Crippen LogP contribution in [0.1, 0.15) is 24.1 Å². The van der Waals surface area contributed by atoms with Gasteiger partial charge in [-0.25, -0.2) is 17.2 Å². The van der Waals surface area contributed by atoms with Gasteiger partial charge in [0, 0.05) is 18.8 Å². The summed E-state index contributed by atoms with van der Waals surface area (Å²) in [7, 11) is -3.96. The average Bonchev–Trinajstić information content (AvgIpc) is 2.98. The van der Waals surface area contributed by atoms with Gasteiger partial charge in [-0.05, 0) is 78.7 Å². The van der Waals surface area contributed by atoms with E-state index in [1.54, 1.807) is 37.3 Å². The lowest BCUT2D eigenvalue weighted by molar-refractivity contribution is -0.143. The van der Waals surface area contributed by atoms with Crippen molar-refractivity contribution in [1.29, 1.82) is 0 Å². The fraction of sp³-hybridized carbons (Fsp3) is 0.161. The van der Waals surface area contributed by atoms with Crippen molar-refractivity contribution in [1.82, 2.24) is 10.2 Å². The molecule has 0 saturated heterocycles. The first-order chi connectivity index (χ1) is 20.2. The molecular formula is C31H29F2N3O5S. The topological polar surface area (TPSA) is 105 Å². The Bertz CT molecular complexity index is 1600. The Balaban J connectivity index is 1.52. The molecule has 4 aromatic carbocycles. The molecule has 1 unspecified atom stereocenters. The van der Waals surface area contributed by atoms with Crippen molar-refractivity contribution in [2.75, 3.05) is 17.9 Å². The maximum absolute atomic E-state index is 13.6. The zero-order valence-electron chi connectivity index (χ0n) is 22.7. The Morgan fingerprint density at radius 2 is 1.43 bits per heavy atom. The quantitative estimate of drug-likeness (QED) is 0.239. The monoisotopic (exact) mass is 593 g/mol. The summed E-state index contributed by atoms with van der Waals surface area (Å²) in [5.74, 6) is -1.61. The average molecular weight is 594 g/mol. The molecule has 0 radical (unpaired) electrons. The van der Waals surface area contributed by atoms with E-state index < -0.39 is 40.2 Å². The third kappa shape index (κ3) is 7.91. The molecule has 0 aliphatic heterocycles. The van der Waals surface area contributed by atoms with Gasteiger partial charge in [-0.15, -0.1) is 0 Å². The molecule has 218 valence electrons. The molecule has 0 aliphatic rings. The second-order valence-electron chi connectivity index (χ2n) is 9.23. The van der Waals surface area contributed by atoms with Crippen molar-refractivity contribution in [2.45, 2.75) is 24.4 Å². The van der Waals surface area contributed by atoms with E-state index >= 15 is 0 Å². The molecule has 2 N–H and O–H groups in total. The van der Waals surface area contributed by atoms with Gasteiger partial charge in [-0.3, -0.25) is 14.3 Å². The van der Waals surface area contributed by atoms with Crippen LogP contribution in [0.5, 0.6) is 5.75 Å². The molecule has 0 saturated carbocycles. The summed E-state index contributed by atoms with van der Waals surface area (Å²) in [6, 6.07) is 23.7. The number of nitrogens with one attached hydrogen (secondary N) is 2. The van der Waals surface area contributed by atoms with Gasteiger partial charge in [-0.1, -0.05) is 42.5 Å². The minimum atomic E-state index is -3.96. The second-order valence-corrected chi connectivity index (χ2v) is 10.9. The molecule has 0 aliphatic carbocycles. The molecule has 0 heterocycles. The Morgan fingerprint density at radius 3 is 2.02 bits per heavy atom. The van der Waals surface area contributed by atoms with E-state index in [0.29, 0.717) is 17.7 Å². The number of carbonyl (C=O) groups is 2. The van der Waals surface area contributed by atoms with E-state index in [2.05, 4.69) is 10.0 Å². The van der Waals surface area contributed by atoms with E-state index in [4.69, 9.17) is 4.74 Å². The van der Waals surface area contributed by atoms with Crippen LogP contribution in [0.4, 0.5) is 14.5 Å². The first kappa shape index (κ1) is 30.2. The van der Waals surface area contributed by atoms with E-state index in [9.17, 15) is 26.8 Å². The number of benzene rings is 4. The number of likely N-dealkylation sites (N-methyl/N-ethyl adjacent to an activating group) is 1. The maximum Gasteiger partial charge on any atom is 0.261 e. The molecular weight excluding hydrogens is 564 g/mol. The van der Waals surface area contributed by atoms with Crippen LogP contribution in [0.25, 0.3) is 0 Å². The molecule has 0 aromatic heterocycles. The molecule has 8 nitrogen and oxygen atoms in total. The van der Waals surface area contributed by atoms with Crippen LogP contribution in [-0.4, -0.2) is 38.3 Å². The summed E-state index contributed by atoms with van der Waals surface area (Å²) in [4.78, 5) is 28.1. The molecule has 0 fully saturated rings. The number of ether oxygens (including phenoxy) is 1. The van der Waals surface area contributed by atoms with Gasteiger partial charge in [0.25, 0.3) is 15.9 Å². The molecule has 4 rings (SSSR count). The predicted molar refractivity (Wildman–Crippen MR) is 154 cm³/mol. The number of nitrogens with zero attached hydrogens (tertiary/aromatic N) is 1. The van der Waals surface area contributed by atoms with Gasteiger partial charge in [0.15, 0.2) is 6.61 Å². The lowest BCUT2D eigenvalue weighted by Gasteiger charge is -2.31. The number of hydrogen-bond acceptors (Lipinski definition) is 5. The van der Waals surface area contributed by atoms with Crippen molar-refractivity contribution in [3.05, 3.63) is 126 Å². The van der Waals surface area contributed by atoms with Gasteiger partial charge in [-0.2, -0.15) is 0 Å². The van der Waals surface area contributed by atoms with E-state index in [-0.39, 0.29) is 28.8 Å². The summed E-state index contributed by atoms with van der Waals surface area (Å²) in [6.07, 6.45) is 0. The van der Waals surface area contributed by atoms with Crippen LogP contribution >= 0.6 is 0 Å². The van der Waals surface area contributed by atoms with Crippen molar-refractivity contribution in [3.63, 3.8) is 0 Å². The second kappa shape index (κ2) is 13.7. The number of anilines is 1. The van der Waals surface area contributed by atoms with Gasteiger partial charge in [0.1, 0.15) is 23.4 Å². The highest BCUT2D eigenvalue weighted by Crippen LogP contribution is 2.25. The lowest BCUT2D eigenvalue weighted by atomic mass is 10.0. The molecule has 0 bridgehead atoms. The lowest BCUT2D eigenvalue weighted by Crippen LogP contribution is -2.45. The summed E-state index contributed by atoms with van der Waals surface area (Å²) in [5, 5.41) is 2.77. The van der Waals surface area contributed by atoms with E-state index in [1.807, 2.05) is 0 Å². The van der Waals surface area contributed by atoms with Crippen LogP contribution in [-0.2, 0) is 26.2 Å². The van der Waals surface area contributed by atoms with E-state index in [0.717, 1.165) is 12.1 Å².